The molecule has 2 heterocycles. The Balaban J connectivity index is 1.05. The van der Waals surface area contributed by atoms with Gasteiger partial charge in [0, 0.05) is 38.9 Å². The summed E-state index contributed by atoms with van der Waals surface area (Å²) in [4.78, 5) is 26.2. The fourth-order valence-electron chi connectivity index (χ4n) is 8.91. The average Bonchev–Trinajstić information content (AvgIpc) is 3.44. The molecule has 6 nitrogen and oxygen atoms in total. The summed E-state index contributed by atoms with van der Waals surface area (Å²) in [6.07, 6.45) is 0. The third-order valence-electron chi connectivity index (χ3n) is 12.4. The Labute approximate surface area is 401 Å². The summed E-state index contributed by atoms with van der Waals surface area (Å²) in [5.74, 6) is 2.35. The van der Waals surface area contributed by atoms with Crippen LogP contribution in [0.2, 0.25) is 0 Å². The van der Waals surface area contributed by atoms with Gasteiger partial charge in [0.15, 0.2) is 23.3 Å². The fourth-order valence-corrected chi connectivity index (χ4v) is 8.91. The fraction of sp³-hybridized carbons (Fsp3) is 0.0159. The van der Waals surface area contributed by atoms with Crippen LogP contribution in [-0.4, -0.2) is 24.9 Å². The minimum atomic E-state index is 0.558. The third kappa shape index (κ3) is 8.72. The molecule has 6 heteroatoms. The molecule has 0 bridgehead atoms. The Morgan fingerprint density at radius 1 is 0.275 bits per heavy atom. The summed E-state index contributed by atoms with van der Waals surface area (Å²) in [7, 11) is 0. The number of hydrogen-bond acceptors (Lipinski definition) is 6. The first-order valence-electron chi connectivity index (χ1n) is 22.9. The normalized spacial score (nSPS) is 11.0. The zero-order valence-electron chi connectivity index (χ0n) is 37.7. The van der Waals surface area contributed by atoms with Gasteiger partial charge in [-0.3, -0.25) is 0 Å². The Bertz CT molecular complexity index is 3620. The van der Waals surface area contributed by atoms with Crippen molar-refractivity contribution in [2.24, 2.45) is 0 Å². The molecule has 9 aromatic carbocycles. The molecule has 0 aliphatic carbocycles. The Kier molecular flexibility index (Phi) is 11.5. The molecule has 69 heavy (non-hydrogen) atoms. The molecule has 0 aliphatic rings. The summed E-state index contributed by atoms with van der Waals surface area (Å²) in [6, 6.07) is 82.8. The molecule has 0 aliphatic heterocycles. The topological polar surface area (TPSA) is 88.2 Å². The molecule has 0 N–H and O–H groups in total. The Morgan fingerprint density at radius 2 is 0.667 bits per heavy atom. The monoisotopic (exact) mass is 882 g/mol. The van der Waals surface area contributed by atoms with E-state index in [1.807, 2.05) is 84.9 Å². The van der Waals surface area contributed by atoms with Gasteiger partial charge in [0.25, 0.3) is 0 Å². The van der Waals surface area contributed by atoms with Crippen molar-refractivity contribution in [3.63, 3.8) is 0 Å². The highest BCUT2D eigenvalue weighted by molar-refractivity contribution is 5.93. The minimum Gasteiger partial charge on any atom is -0.228 e. The molecular formula is C63H42N6. The van der Waals surface area contributed by atoms with Gasteiger partial charge in [-0.05, 0) is 81.8 Å². The predicted molar refractivity (Wildman–Crippen MR) is 279 cm³/mol. The summed E-state index contributed by atoms with van der Waals surface area (Å²) >= 11 is 0. The number of benzene rings is 9. The van der Waals surface area contributed by atoms with E-state index in [4.69, 9.17) is 24.9 Å². The summed E-state index contributed by atoms with van der Waals surface area (Å²) in [5, 5.41) is 9.55. The van der Waals surface area contributed by atoms with Gasteiger partial charge < -0.3 is 0 Å². The maximum atomic E-state index is 9.55. The lowest BCUT2D eigenvalue weighted by molar-refractivity contribution is 1.07. The van der Waals surface area contributed by atoms with Crippen molar-refractivity contribution >= 4 is 0 Å². The molecule has 0 saturated heterocycles. The van der Waals surface area contributed by atoms with E-state index in [9.17, 15) is 5.26 Å². The maximum absolute atomic E-state index is 9.55. The number of aromatic nitrogens is 5. The highest BCUT2D eigenvalue weighted by atomic mass is 15.0. The van der Waals surface area contributed by atoms with Crippen LogP contribution in [0.15, 0.2) is 237 Å². The van der Waals surface area contributed by atoms with Crippen molar-refractivity contribution in [2.45, 2.75) is 6.92 Å². The number of nitriles is 1. The van der Waals surface area contributed by atoms with Crippen LogP contribution in [0, 0.1) is 18.3 Å². The van der Waals surface area contributed by atoms with Crippen LogP contribution < -0.4 is 0 Å². The maximum Gasteiger partial charge on any atom is 0.164 e. The number of nitrogens with zero attached hydrogens (tertiary/aromatic N) is 6. The van der Waals surface area contributed by atoms with Crippen LogP contribution >= 0.6 is 0 Å². The largest absolute Gasteiger partial charge is 0.228 e. The summed E-state index contributed by atoms with van der Waals surface area (Å²) in [6.45, 7) is 2.11. The first-order valence-corrected chi connectivity index (χ1v) is 22.9. The lowest BCUT2D eigenvalue weighted by atomic mass is 9.89. The first kappa shape index (κ1) is 42.2. The lowest BCUT2D eigenvalue weighted by Crippen LogP contribution is -2.02. The number of rotatable bonds is 10. The van der Waals surface area contributed by atoms with E-state index >= 15 is 0 Å². The molecule has 11 rings (SSSR count). The average molecular weight is 883 g/mol. The van der Waals surface area contributed by atoms with Crippen LogP contribution in [0.5, 0.6) is 0 Å². The van der Waals surface area contributed by atoms with Crippen molar-refractivity contribution in [1.82, 2.24) is 24.9 Å². The van der Waals surface area contributed by atoms with E-state index in [0.717, 1.165) is 94.8 Å². The quantitative estimate of drug-likeness (QED) is 0.136. The highest BCUT2D eigenvalue weighted by Gasteiger charge is 2.21. The standard InChI is InChI=1S/C63H42N6/c1-42-58(45-22-8-3-9-23-45)65-63(66-59(42)46-24-10-4-11-25-46)56-34-15-14-33-54(56)55-36-35-53(40-57(55)44-20-6-2-7-21-44)62-68-60(47-26-12-5-13-27-47)67-61(69-62)52-32-18-31-51(39-52)50-30-17-29-49(38-50)48-28-16-19-43(37-48)41-64/h2-40H,1H3. The SMILES string of the molecule is Cc1c(-c2ccccc2)nc(-c2ccccc2-c2ccc(-c3nc(-c4ccccc4)nc(-c4cccc(-c5cccc(-c6cccc(C#N)c6)c5)c4)n3)cc2-c2ccccc2)nc1-c1ccccc1. The molecule has 0 fully saturated rings. The van der Waals surface area contributed by atoms with Crippen molar-refractivity contribution in [3.05, 3.63) is 248 Å². The van der Waals surface area contributed by atoms with E-state index in [1.165, 1.54) is 0 Å². The van der Waals surface area contributed by atoms with E-state index in [-0.39, 0.29) is 0 Å². The smallest absolute Gasteiger partial charge is 0.164 e. The lowest BCUT2D eigenvalue weighted by Gasteiger charge is -2.18. The molecule has 0 amide bonds. The van der Waals surface area contributed by atoms with Gasteiger partial charge in [0.05, 0.1) is 23.0 Å². The molecular weight excluding hydrogens is 841 g/mol. The molecule has 0 atom stereocenters. The van der Waals surface area contributed by atoms with E-state index in [2.05, 4.69) is 165 Å². The van der Waals surface area contributed by atoms with E-state index < -0.39 is 0 Å². The Morgan fingerprint density at radius 3 is 1.22 bits per heavy atom. The molecule has 0 saturated carbocycles. The van der Waals surface area contributed by atoms with Crippen molar-refractivity contribution in [3.8, 4) is 119 Å². The highest BCUT2D eigenvalue weighted by Crippen LogP contribution is 2.41. The van der Waals surface area contributed by atoms with Crippen LogP contribution in [0.3, 0.4) is 0 Å². The second-order valence-electron chi connectivity index (χ2n) is 16.8. The summed E-state index contributed by atoms with van der Waals surface area (Å²) < 4.78 is 0. The van der Waals surface area contributed by atoms with Crippen LogP contribution in [0.25, 0.3) is 113 Å². The zero-order chi connectivity index (χ0) is 46.5. The van der Waals surface area contributed by atoms with Crippen molar-refractivity contribution < 1.29 is 0 Å². The van der Waals surface area contributed by atoms with Gasteiger partial charge in [0.2, 0.25) is 0 Å². The van der Waals surface area contributed by atoms with Gasteiger partial charge >= 0.3 is 0 Å². The van der Waals surface area contributed by atoms with Gasteiger partial charge in [-0.15, -0.1) is 0 Å². The molecule has 11 aromatic rings. The number of hydrogen-bond donors (Lipinski definition) is 0. The molecule has 0 radical (unpaired) electrons. The predicted octanol–water partition coefficient (Wildman–Crippen LogP) is 15.5. The second kappa shape index (κ2) is 18.8. The zero-order valence-corrected chi connectivity index (χ0v) is 37.7. The molecule has 2 aromatic heterocycles. The van der Waals surface area contributed by atoms with Crippen LogP contribution in [0.1, 0.15) is 11.1 Å². The van der Waals surface area contributed by atoms with Crippen LogP contribution in [-0.2, 0) is 0 Å². The van der Waals surface area contributed by atoms with E-state index in [1.54, 1.807) is 0 Å². The van der Waals surface area contributed by atoms with Gasteiger partial charge in [-0.25, -0.2) is 24.9 Å². The molecule has 324 valence electrons. The first-order chi connectivity index (χ1) is 34.1. The van der Waals surface area contributed by atoms with Crippen molar-refractivity contribution in [1.29, 1.82) is 5.26 Å². The van der Waals surface area contributed by atoms with Gasteiger partial charge in [0.1, 0.15) is 0 Å². The second-order valence-corrected chi connectivity index (χ2v) is 16.8. The van der Waals surface area contributed by atoms with Crippen molar-refractivity contribution in [2.75, 3.05) is 0 Å². The Hall–Kier alpha value is -9.44. The van der Waals surface area contributed by atoms with Crippen LogP contribution in [0.4, 0.5) is 0 Å². The third-order valence-corrected chi connectivity index (χ3v) is 12.4. The minimum absolute atomic E-state index is 0.558. The molecule has 0 spiro atoms. The van der Waals surface area contributed by atoms with Gasteiger partial charge in [-0.2, -0.15) is 5.26 Å². The van der Waals surface area contributed by atoms with E-state index in [0.29, 0.717) is 28.9 Å². The summed E-state index contributed by atoms with van der Waals surface area (Å²) in [5.41, 5.74) is 17.2. The molecule has 0 unspecified atom stereocenters. The van der Waals surface area contributed by atoms with Gasteiger partial charge in [-0.1, -0.05) is 206 Å².